The summed E-state index contributed by atoms with van der Waals surface area (Å²) in [6.07, 6.45) is 1.28. The van der Waals surface area contributed by atoms with Crippen molar-refractivity contribution in [1.82, 2.24) is 0 Å². The van der Waals surface area contributed by atoms with Gasteiger partial charge < -0.3 is 4.55 Å². The molecular formula is C9H9KO3S. The fourth-order valence-corrected chi connectivity index (χ4v) is 1.16. The van der Waals surface area contributed by atoms with Gasteiger partial charge >= 0.3 is 51.4 Å². The summed E-state index contributed by atoms with van der Waals surface area (Å²) >= 11 is 0. The topological polar surface area (TPSA) is 57.2 Å². The zero-order valence-corrected chi connectivity index (χ0v) is 12.0. The van der Waals surface area contributed by atoms with Crippen LogP contribution in [0, 0.1) is 6.92 Å². The van der Waals surface area contributed by atoms with E-state index in [4.69, 9.17) is 0 Å². The fraction of sp³-hybridized carbons (Fsp3) is 0.111. The van der Waals surface area contributed by atoms with Gasteiger partial charge in [-0.3, -0.25) is 0 Å². The zero-order chi connectivity index (χ0) is 9.90. The van der Waals surface area contributed by atoms with E-state index in [1.807, 2.05) is 19.1 Å². The maximum atomic E-state index is 10.2. The van der Waals surface area contributed by atoms with Gasteiger partial charge in [0, 0.05) is 5.41 Å². The monoisotopic (exact) mass is 236 g/mol. The molecule has 0 atom stereocenters. The molecule has 0 saturated carbocycles. The van der Waals surface area contributed by atoms with Gasteiger partial charge in [-0.1, -0.05) is 29.8 Å². The smallest absolute Gasteiger partial charge is 0.744 e. The maximum Gasteiger partial charge on any atom is 1.00 e. The van der Waals surface area contributed by atoms with Crippen LogP contribution in [-0.4, -0.2) is 13.0 Å². The first-order chi connectivity index (χ1) is 5.97. The van der Waals surface area contributed by atoms with Gasteiger partial charge in [0.25, 0.3) is 0 Å². The molecule has 0 aromatic heterocycles. The van der Waals surface area contributed by atoms with Crippen molar-refractivity contribution in [2.75, 3.05) is 0 Å². The van der Waals surface area contributed by atoms with Gasteiger partial charge in [0.2, 0.25) is 0 Å². The van der Waals surface area contributed by atoms with E-state index in [9.17, 15) is 13.0 Å². The first kappa shape index (κ1) is 14.5. The van der Waals surface area contributed by atoms with Crippen molar-refractivity contribution in [2.45, 2.75) is 6.92 Å². The third-order valence-corrected chi connectivity index (χ3v) is 1.97. The number of hydrogen-bond acceptors (Lipinski definition) is 3. The number of hydrogen-bond donors (Lipinski definition) is 0. The molecule has 70 valence electrons. The maximum absolute atomic E-state index is 10.2. The SMILES string of the molecule is Cc1ccc(C=CS(=O)(=O)[O-])cc1.[K+]. The van der Waals surface area contributed by atoms with Crippen LogP contribution in [0.1, 0.15) is 11.1 Å². The molecule has 0 heterocycles. The van der Waals surface area contributed by atoms with E-state index < -0.39 is 10.1 Å². The molecule has 1 aromatic carbocycles. The molecule has 1 aromatic rings. The molecule has 0 fully saturated rings. The zero-order valence-electron chi connectivity index (χ0n) is 8.10. The Hall–Kier alpha value is 0.506. The average molecular weight is 236 g/mol. The Labute approximate surface area is 126 Å². The summed E-state index contributed by atoms with van der Waals surface area (Å²) in [6, 6.07) is 7.18. The van der Waals surface area contributed by atoms with Gasteiger partial charge in [0.05, 0.1) is 0 Å². The first-order valence-corrected chi connectivity index (χ1v) is 5.15. The third kappa shape index (κ3) is 6.08. The van der Waals surface area contributed by atoms with Crippen LogP contribution in [0.5, 0.6) is 0 Å². The van der Waals surface area contributed by atoms with Gasteiger partial charge in [-0.15, -0.1) is 0 Å². The predicted molar refractivity (Wildman–Crippen MR) is 49.9 cm³/mol. The molecule has 0 amide bonds. The summed E-state index contributed by atoms with van der Waals surface area (Å²) in [5, 5.41) is 0.650. The quantitative estimate of drug-likeness (QED) is 0.464. The molecule has 0 spiro atoms. The van der Waals surface area contributed by atoms with Crippen molar-refractivity contribution in [3.8, 4) is 0 Å². The number of benzene rings is 1. The van der Waals surface area contributed by atoms with Crippen LogP contribution in [-0.2, 0) is 10.1 Å². The molecule has 5 heteroatoms. The van der Waals surface area contributed by atoms with Crippen LogP contribution in [0.15, 0.2) is 29.7 Å². The molecule has 0 unspecified atom stereocenters. The largest absolute Gasteiger partial charge is 1.00 e. The molecular weight excluding hydrogens is 227 g/mol. The number of rotatable bonds is 2. The molecule has 0 saturated heterocycles. The molecule has 1 rings (SSSR count). The van der Waals surface area contributed by atoms with Crippen LogP contribution in [0.3, 0.4) is 0 Å². The molecule has 0 radical (unpaired) electrons. The van der Waals surface area contributed by atoms with Gasteiger partial charge in [0.15, 0.2) is 0 Å². The average Bonchev–Trinajstić information content (AvgIpc) is 2.02. The molecule has 3 nitrogen and oxygen atoms in total. The van der Waals surface area contributed by atoms with E-state index in [1.54, 1.807) is 12.1 Å². The minimum atomic E-state index is -4.26. The Morgan fingerprint density at radius 3 is 2.14 bits per heavy atom. The second-order valence-electron chi connectivity index (χ2n) is 2.71. The summed E-state index contributed by atoms with van der Waals surface area (Å²) in [5.41, 5.74) is 1.78. The standard InChI is InChI=1S/C9H10O3S.K/c1-8-2-4-9(5-3-8)6-7-13(10,11)12;/h2-7H,1H3,(H,10,11,12);/q;+1/p-1. The summed E-state index contributed by atoms with van der Waals surface area (Å²) in [6.45, 7) is 1.93. The van der Waals surface area contributed by atoms with E-state index in [0.717, 1.165) is 5.56 Å². The Balaban J connectivity index is 0.00000169. The normalized spacial score (nSPS) is 11.3. The van der Waals surface area contributed by atoms with E-state index >= 15 is 0 Å². The Bertz CT molecular complexity index is 406. The fourth-order valence-electron chi connectivity index (χ4n) is 0.839. The minimum absolute atomic E-state index is 0. The van der Waals surface area contributed by atoms with E-state index in [2.05, 4.69) is 0 Å². The van der Waals surface area contributed by atoms with E-state index in [0.29, 0.717) is 11.0 Å². The molecule has 0 aliphatic rings. The molecule has 0 bridgehead atoms. The predicted octanol–water partition coefficient (Wildman–Crippen LogP) is -1.49. The molecule has 14 heavy (non-hydrogen) atoms. The Morgan fingerprint density at radius 2 is 1.71 bits per heavy atom. The molecule has 0 aliphatic heterocycles. The molecule has 0 aliphatic carbocycles. The second kappa shape index (κ2) is 6.17. The van der Waals surface area contributed by atoms with Crippen LogP contribution in [0.4, 0.5) is 0 Å². The molecule has 0 N–H and O–H groups in total. The van der Waals surface area contributed by atoms with Gasteiger partial charge in [-0.25, -0.2) is 8.42 Å². The van der Waals surface area contributed by atoms with Gasteiger partial charge in [0.1, 0.15) is 10.1 Å². The van der Waals surface area contributed by atoms with Crippen molar-refractivity contribution in [3.63, 3.8) is 0 Å². The Kier molecular flexibility index (Phi) is 6.39. The van der Waals surface area contributed by atoms with Crippen molar-refractivity contribution in [3.05, 3.63) is 40.8 Å². The van der Waals surface area contributed by atoms with Crippen LogP contribution in [0.25, 0.3) is 6.08 Å². The van der Waals surface area contributed by atoms with E-state index in [1.165, 1.54) is 6.08 Å². The minimum Gasteiger partial charge on any atom is -0.744 e. The third-order valence-electron chi connectivity index (χ3n) is 1.50. The van der Waals surface area contributed by atoms with E-state index in [-0.39, 0.29) is 51.4 Å². The van der Waals surface area contributed by atoms with Crippen LogP contribution in [0.2, 0.25) is 0 Å². The number of aryl methyl sites for hydroxylation is 1. The van der Waals surface area contributed by atoms with Gasteiger partial charge in [-0.2, -0.15) is 0 Å². The van der Waals surface area contributed by atoms with Crippen molar-refractivity contribution in [1.29, 1.82) is 0 Å². The summed E-state index contributed by atoms with van der Waals surface area (Å²) < 4.78 is 30.7. The first-order valence-electron chi connectivity index (χ1n) is 3.68. The van der Waals surface area contributed by atoms with Gasteiger partial charge in [-0.05, 0) is 18.6 Å². The van der Waals surface area contributed by atoms with Crippen molar-refractivity contribution >= 4 is 16.2 Å². The second-order valence-corrected chi connectivity index (χ2v) is 3.96. The van der Waals surface area contributed by atoms with Crippen molar-refractivity contribution in [2.24, 2.45) is 0 Å². The Morgan fingerprint density at radius 1 is 1.21 bits per heavy atom. The summed E-state index contributed by atoms with van der Waals surface area (Å²) in [4.78, 5) is 0. The van der Waals surface area contributed by atoms with Crippen LogP contribution < -0.4 is 51.4 Å². The van der Waals surface area contributed by atoms with Crippen LogP contribution >= 0.6 is 0 Å². The summed E-state index contributed by atoms with van der Waals surface area (Å²) in [5.74, 6) is 0. The summed E-state index contributed by atoms with van der Waals surface area (Å²) in [7, 11) is -4.26. The van der Waals surface area contributed by atoms with Crippen molar-refractivity contribution < 1.29 is 64.4 Å².